The first-order chi connectivity index (χ1) is 14.4. The molecular weight excluding hydrogens is 416 g/mol. The van der Waals surface area contributed by atoms with Crippen LogP contribution in [0.3, 0.4) is 0 Å². The minimum atomic E-state index is -3.63. The Balaban J connectivity index is 1.77. The molecule has 0 aliphatic carbocycles. The molecule has 0 unspecified atom stereocenters. The molecule has 7 aliphatic rings. The van der Waals surface area contributed by atoms with Crippen molar-refractivity contribution in [2.24, 2.45) is 0 Å². The van der Waals surface area contributed by atoms with Gasteiger partial charge in [0.1, 0.15) is 0 Å². The summed E-state index contributed by atoms with van der Waals surface area (Å²) in [5.41, 5.74) is 3.22. The number of hydrogen-bond donors (Lipinski definition) is 0. The van der Waals surface area contributed by atoms with Gasteiger partial charge in [-0.2, -0.15) is 0 Å². The molecule has 0 fully saturated rings. The molecule has 0 N–H and O–H groups in total. The van der Waals surface area contributed by atoms with Gasteiger partial charge in [-0.15, -0.1) is 0 Å². The zero-order chi connectivity index (χ0) is 20.9. The molecule has 30 heavy (non-hydrogen) atoms. The van der Waals surface area contributed by atoms with Gasteiger partial charge >= 0.3 is 0 Å². The first-order valence-corrected chi connectivity index (χ1v) is 12.2. The third kappa shape index (κ3) is 2.96. The summed E-state index contributed by atoms with van der Waals surface area (Å²) >= 11 is 0. The minimum absolute atomic E-state index is 0.212. The Morgan fingerprint density at radius 2 is 0.467 bits per heavy atom. The highest BCUT2D eigenvalue weighted by Crippen LogP contribution is 2.30. The molecule has 7 heterocycles. The van der Waals surface area contributed by atoms with Crippen LogP contribution in [0.15, 0.2) is 117 Å². The smallest absolute Gasteiger partial charge is 0.206 e. The molecule has 7 aliphatic heterocycles. The Morgan fingerprint density at radius 3 is 0.633 bits per heavy atom. The molecule has 0 saturated heterocycles. The predicted molar refractivity (Wildman–Crippen MR) is 115 cm³/mol. The quantitative estimate of drug-likeness (QED) is 0.345. The summed E-state index contributed by atoms with van der Waals surface area (Å²) in [5, 5.41) is 0. The summed E-state index contributed by atoms with van der Waals surface area (Å²) in [5.74, 6) is 0. The van der Waals surface area contributed by atoms with E-state index < -0.39 is 19.7 Å². The first kappa shape index (κ1) is 18.8. The Morgan fingerprint density at radius 1 is 0.300 bits per heavy atom. The monoisotopic (exact) mass is 432 g/mol. The fourth-order valence-electron chi connectivity index (χ4n) is 3.58. The van der Waals surface area contributed by atoms with Crippen LogP contribution in [0.5, 0.6) is 0 Å². The number of benzene rings is 4. The largest absolute Gasteiger partial charge is 0.219 e. The SMILES string of the molecule is O=S1(=O)c2ccc(cc2)-c2ccc(cc2)S(=O)(=O)c2ccc(cc2)-c2ccc1cc2. The maximum atomic E-state index is 13.0. The number of hydrogen-bond acceptors (Lipinski definition) is 4. The van der Waals surface area contributed by atoms with Crippen LogP contribution in [-0.4, -0.2) is 16.8 Å². The second-order valence-corrected chi connectivity index (χ2v) is 11.0. The molecule has 0 radical (unpaired) electrons. The van der Waals surface area contributed by atoms with Gasteiger partial charge in [0.25, 0.3) is 0 Å². The maximum Gasteiger partial charge on any atom is 0.206 e. The van der Waals surface area contributed by atoms with Crippen LogP contribution in [0.2, 0.25) is 0 Å². The van der Waals surface area contributed by atoms with Crippen molar-refractivity contribution in [3.63, 3.8) is 0 Å². The molecule has 4 aromatic rings. The Bertz CT molecular complexity index is 1230. The van der Waals surface area contributed by atoms with Gasteiger partial charge < -0.3 is 0 Å². The summed E-state index contributed by atoms with van der Waals surface area (Å²) < 4.78 is 51.9. The summed E-state index contributed by atoms with van der Waals surface area (Å²) in [6.07, 6.45) is 0. The predicted octanol–water partition coefficient (Wildman–Crippen LogP) is 5.00. The lowest BCUT2D eigenvalue weighted by atomic mass is 10.1. The normalized spacial score (nSPS) is 15.7. The molecule has 148 valence electrons. The van der Waals surface area contributed by atoms with Crippen molar-refractivity contribution < 1.29 is 16.8 Å². The van der Waals surface area contributed by atoms with Crippen molar-refractivity contribution in [3.05, 3.63) is 97.1 Å². The van der Waals surface area contributed by atoms with E-state index in [9.17, 15) is 16.8 Å². The first-order valence-electron chi connectivity index (χ1n) is 9.27. The van der Waals surface area contributed by atoms with Crippen molar-refractivity contribution in [3.8, 4) is 22.3 Å². The van der Waals surface area contributed by atoms with Crippen molar-refractivity contribution >= 4 is 19.7 Å². The Labute approximate surface area is 175 Å². The zero-order valence-corrected chi connectivity index (χ0v) is 17.3. The zero-order valence-electron chi connectivity index (χ0n) is 15.7. The van der Waals surface area contributed by atoms with Gasteiger partial charge in [0, 0.05) is 0 Å². The molecule has 0 aromatic heterocycles. The topological polar surface area (TPSA) is 68.3 Å². The molecule has 0 atom stereocenters. The Hall–Kier alpha value is -3.22. The van der Waals surface area contributed by atoms with E-state index in [-0.39, 0.29) is 19.6 Å². The fourth-order valence-corrected chi connectivity index (χ4v) is 6.10. The van der Waals surface area contributed by atoms with Gasteiger partial charge in [-0.1, -0.05) is 48.5 Å². The van der Waals surface area contributed by atoms with E-state index in [2.05, 4.69) is 0 Å². The average molecular weight is 433 g/mol. The van der Waals surface area contributed by atoms with Crippen molar-refractivity contribution in [2.75, 3.05) is 0 Å². The molecule has 0 saturated carbocycles. The summed E-state index contributed by atoms with van der Waals surface area (Å²) in [7, 11) is -7.26. The van der Waals surface area contributed by atoms with Gasteiger partial charge in [-0.25, -0.2) is 16.8 Å². The van der Waals surface area contributed by atoms with Crippen LogP contribution in [0.4, 0.5) is 0 Å². The standard InChI is InChI=1S/C24H16O4S2/c25-29(26)21-9-1-17(2-10-21)18-3-11-23(12-4-18)30(27,28)24-15-7-20(8-16-24)19-5-13-22(29)14-6-19/h1-16H. The van der Waals surface area contributed by atoms with E-state index in [4.69, 9.17) is 0 Å². The minimum Gasteiger partial charge on any atom is -0.219 e. The van der Waals surface area contributed by atoms with Crippen LogP contribution in [0.1, 0.15) is 0 Å². The molecule has 4 aromatic carbocycles. The van der Waals surface area contributed by atoms with E-state index in [1.54, 1.807) is 97.1 Å². The van der Waals surface area contributed by atoms with Crippen LogP contribution in [0, 0.1) is 0 Å². The van der Waals surface area contributed by atoms with E-state index in [1.165, 1.54) is 0 Å². The number of sulfone groups is 2. The third-order valence-corrected chi connectivity index (χ3v) is 8.90. The van der Waals surface area contributed by atoms with Crippen molar-refractivity contribution in [1.29, 1.82) is 0 Å². The summed E-state index contributed by atoms with van der Waals surface area (Å²) in [6.45, 7) is 0. The van der Waals surface area contributed by atoms with Gasteiger partial charge in [0.15, 0.2) is 0 Å². The lowest BCUT2D eigenvalue weighted by molar-refractivity contribution is 0.594. The van der Waals surface area contributed by atoms with Gasteiger partial charge in [0.2, 0.25) is 19.7 Å². The number of rotatable bonds is 0. The van der Waals surface area contributed by atoms with Crippen molar-refractivity contribution in [1.82, 2.24) is 0 Å². The molecule has 6 heteroatoms. The Kier molecular flexibility index (Phi) is 4.17. The lowest BCUT2D eigenvalue weighted by Crippen LogP contribution is -2.03. The van der Waals surface area contributed by atoms with Gasteiger partial charge in [0.05, 0.1) is 19.6 Å². The highest BCUT2D eigenvalue weighted by Gasteiger charge is 2.20. The van der Waals surface area contributed by atoms with Crippen LogP contribution >= 0.6 is 0 Å². The van der Waals surface area contributed by atoms with Gasteiger partial charge in [-0.3, -0.25) is 0 Å². The molecule has 0 spiro atoms. The molecule has 8 bridgehead atoms. The second-order valence-electron chi connectivity index (χ2n) is 7.10. The summed E-state index contributed by atoms with van der Waals surface area (Å²) in [6, 6.07) is 26.4. The van der Waals surface area contributed by atoms with Crippen LogP contribution in [-0.2, 0) is 19.7 Å². The maximum absolute atomic E-state index is 13.0. The highest BCUT2D eigenvalue weighted by molar-refractivity contribution is 7.91. The van der Waals surface area contributed by atoms with Gasteiger partial charge in [-0.05, 0) is 70.8 Å². The average Bonchev–Trinajstić information content (AvgIpc) is 2.79. The van der Waals surface area contributed by atoms with Crippen molar-refractivity contribution in [2.45, 2.75) is 19.6 Å². The fraction of sp³-hybridized carbons (Fsp3) is 0. The lowest BCUT2D eigenvalue weighted by Gasteiger charge is -2.11. The van der Waals surface area contributed by atoms with E-state index in [0.717, 1.165) is 22.3 Å². The molecular formula is C24H16O4S2. The van der Waals surface area contributed by atoms with E-state index in [0.29, 0.717) is 0 Å². The molecule has 4 nitrogen and oxygen atoms in total. The highest BCUT2D eigenvalue weighted by atomic mass is 32.2. The third-order valence-electron chi connectivity index (χ3n) is 5.33. The van der Waals surface area contributed by atoms with Crippen LogP contribution < -0.4 is 0 Å². The summed E-state index contributed by atoms with van der Waals surface area (Å²) in [4.78, 5) is 0.847. The molecule has 11 rings (SSSR count). The second kappa shape index (κ2) is 6.65. The van der Waals surface area contributed by atoms with Crippen LogP contribution in [0.25, 0.3) is 22.3 Å². The molecule has 0 amide bonds. The van der Waals surface area contributed by atoms with E-state index >= 15 is 0 Å². The van der Waals surface area contributed by atoms with E-state index in [1.807, 2.05) is 0 Å².